The number of pyridine rings is 1. The van der Waals surface area contributed by atoms with Gasteiger partial charge < -0.3 is 11.1 Å². The molecule has 3 nitrogen and oxygen atoms in total. The number of nitrogens with two attached hydrogens (primary N) is 1. The van der Waals surface area contributed by atoms with Crippen molar-refractivity contribution in [1.29, 1.82) is 0 Å². The maximum absolute atomic E-state index is 5.81. The van der Waals surface area contributed by atoms with Crippen molar-refractivity contribution in [1.82, 2.24) is 4.98 Å². The molecule has 0 saturated carbocycles. The van der Waals surface area contributed by atoms with Crippen LogP contribution in [-0.2, 0) is 6.42 Å². The highest BCUT2D eigenvalue weighted by atomic mass is 35.5. The van der Waals surface area contributed by atoms with E-state index < -0.39 is 0 Å². The van der Waals surface area contributed by atoms with Crippen LogP contribution in [0.5, 0.6) is 0 Å². The van der Waals surface area contributed by atoms with E-state index in [0.717, 1.165) is 19.4 Å². The lowest BCUT2D eigenvalue weighted by atomic mass is 10.1. The standard InChI is InChI=1S/C14H16ClN3/c15-12-9-13(16)14(18-10-12)17-8-4-7-11-5-2-1-3-6-11/h1-3,5-6,9-10H,4,7-8,16H2,(H,17,18). The highest BCUT2D eigenvalue weighted by Crippen LogP contribution is 2.19. The van der Waals surface area contributed by atoms with E-state index in [4.69, 9.17) is 17.3 Å². The monoisotopic (exact) mass is 261 g/mol. The quantitative estimate of drug-likeness (QED) is 0.812. The van der Waals surface area contributed by atoms with Gasteiger partial charge in [-0.3, -0.25) is 0 Å². The Morgan fingerprint density at radius 2 is 2.00 bits per heavy atom. The third kappa shape index (κ3) is 3.64. The molecule has 0 bridgehead atoms. The summed E-state index contributed by atoms with van der Waals surface area (Å²) in [6.07, 6.45) is 3.67. The summed E-state index contributed by atoms with van der Waals surface area (Å²) in [5.41, 5.74) is 7.73. The van der Waals surface area contributed by atoms with Crippen molar-refractivity contribution >= 4 is 23.1 Å². The number of anilines is 2. The Morgan fingerprint density at radius 3 is 2.72 bits per heavy atom. The van der Waals surface area contributed by atoms with E-state index in [9.17, 15) is 0 Å². The summed E-state index contributed by atoms with van der Waals surface area (Å²) >= 11 is 5.79. The van der Waals surface area contributed by atoms with Crippen molar-refractivity contribution < 1.29 is 0 Å². The fourth-order valence-electron chi connectivity index (χ4n) is 1.75. The van der Waals surface area contributed by atoms with Crippen LogP contribution in [0.1, 0.15) is 12.0 Å². The van der Waals surface area contributed by atoms with Crippen molar-refractivity contribution in [3.8, 4) is 0 Å². The summed E-state index contributed by atoms with van der Waals surface area (Å²) in [4.78, 5) is 4.15. The number of nitrogens with one attached hydrogen (secondary N) is 1. The van der Waals surface area contributed by atoms with Crippen LogP contribution >= 0.6 is 11.6 Å². The van der Waals surface area contributed by atoms with Crippen molar-refractivity contribution in [3.63, 3.8) is 0 Å². The van der Waals surface area contributed by atoms with Crippen LogP contribution in [0.3, 0.4) is 0 Å². The van der Waals surface area contributed by atoms with E-state index >= 15 is 0 Å². The van der Waals surface area contributed by atoms with E-state index in [1.807, 2.05) is 6.07 Å². The average molecular weight is 262 g/mol. The van der Waals surface area contributed by atoms with Crippen LogP contribution in [-0.4, -0.2) is 11.5 Å². The smallest absolute Gasteiger partial charge is 0.149 e. The third-order valence-electron chi connectivity index (χ3n) is 2.66. The summed E-state index contributed by atoms with van der Waals surface area (Å²) in [5, 5.41) is 3.77. The zero-order valence-electron chi connectivity index (χ0n) is 10.1. The Hall–Kier alpha value is -1.74. The van der Waals surface area contributed by atoms with E-state index in [2.05, 4.69) is 34.6 Å². The second-order valence-corrected chi connectivity index (χ2v) is 4.54. The van der Waals surface area contributed by atoms with Gasteiger partial charge in [-0.1, -0.05) is 41.9 Å². The third-order valence-corrected chi connectivity index (χ3v) is 2.87. The molecule has 0 saturated heterocycles. The molecule has 1 heterocycles. The molecule has 0 radical (unpaired) electrons. The Kier molecular flexibility index (Phi) is 4.42. The number of hydrogen-bond donors (Lipinski definition) is 2. The number of halogens is 1. The Bertz CT molecular complexity index is 500. The minimum Gasteiger partial charge on any atom is -0.396 e. The molecule has 0 unspecified atom stereocenters. The molecule has 3 N–H and O–H groups in total. The first-order valence-electron chi connectivity index (χ1n) is 5.94. The topological polar surface area (TPSA) is 50.9 Å². The molecular weight excluding hydrogens is 246 g/mol. The van der Waals surface area contributed by atoms with Gasteiger partial charge in [-0.25, -0.2) is 4.98 Å². The van der Waals surface area contributed by atoms with Gasteiger partial charge in [0.05, 0.1) is 10.7 Å². The van der Waals surface area contributed by atoms with Crippen LogP contribution in [0.4, 0.5) is 11.5 Å². The zero-order valence-corrected chi connectivity index (χ0v) is 10.8. The number of nitrogens with zero attached hydrogens (tertiary/aromatic N) is 1. The van der Waals surface area contributed by atoms with Crippen molar-refractivity contribution in [2.24, 2.45) is 0 Å². The molecule has 0 atom stereocenters. The van der Waals surface area contributed by atoms with Crippen LogP contribution in [0.25, 0.3) is 0 Å². The van der Waals surface area contributed by atoms with E-state index in [1.54, 1.807) is 12.3 Å². The second-order valence-electron chi connectivity index (χ2n) is 4.11. The predicted octanol–water partition coefficient (Wildman–Crippen LogP) is 3.36. The summed E-state index contributed by atoms with van der Waals surface area (Å²) < 4.78 is 0. The van der Waals surface area contributed by atoms with Gasteiger partial charge in [0.2, 0.25) is 0 Å². The molecule has 94 valence electrons. The molecule has 0 aliphatic carbocycles. The highest BCUT2D eigenvalue weighted by Gasteiger charge is 2.00. The molecule has 0 fully saturated rings. The number of aromatic nitrogens is 1. The van der Waals surface area contributed by atoms with Crippen LogP contribution in [0, 0.1) is 0 Å². The lowest BCUT2D eigenvalue weighted by molar-refractivity contribution is 0.859. The van der Waals surface area contributed by atoms with Gasteiger partial charge in [-0.2, -0.15) is 0 Å². The Labute approximate surface area is 112 Å². The number of rotatable bonds is 5. The first-order valence-corrected chi connectivity index (χ1v) is 6.32. The minimum absolute atomic E-state index is 0.558. The van der Waals surface area contributed by atoms with Gasteiger partial charge in [0.15, 0.2) is 0 Å². The van der Waals surface area contributed by atoms with Crippen LogP contribution < -0.4 is 11.1 Å². The molecule has 4 heteroatoms. The average Bonchev–Trinajstić information content (AvgIpc) is 2.38. The molecule has 0 aliphatic heterocycles. The molecule has 18 heavy (non-hydrogen) atoms. The summed E-state index contributed by atoms with van der Waals surface area (Å²) in [5.74, 6) is 0.701. The normalized spacial score (nSPS) is 10.3. The summed E-state index contributed by atoms with van der Waals surface area (Å²) in [6.45, 7) is 0.841. The fraction of sp³-hybridized carbons (Fsp3) is 0.214. The van der Waals surface area contributed by atoms with Gasteiger partial charge in [0, 0.05) is 12.7 Å². The van der Waals surface area contributed by atoms with E-state index in [0.29, 0.717) is 16.5 Å². The van der Waals surface area contributed by atoms with Gasteiger partial charge in [0.25, 0.3) is 0 Å². The molecule has 1 aromatic carbocycles. The number of hydrogen-bond acceptors (Lipinski definition) is 3. The summed E-state index contributed by atoms with van der Waals surface area (Å²) in [7, 11) is 0. The fourth-order valence-corrected chi connectivity index (χ4v) is 1.91. The van der Waals surface area contributed by atoms with Gasteiger partial charge in [-0.05, 0) is 24.5 Å². The molecule has 0 spiro atoms. The first-order chi connectivity index (χ1) is 8.75. The second kappa shape index (κ2) is 6.26. The number of nitrogen functional groups attached to an aromatic ring is 1. The maximum atomic E-state index is 5.81. The van der Waals surface area contributed by atoms with E-state index in [-0.39, 0.29) is 0 Å². The maximum Gasteiger partial charge on any atom is 0.149 e. The number of benzene rings is 1. The van der Waals surface area contributed by atoms with Gasteiger partial charge in [-0.15, -0.1) is 0 Å². The molecule has 2 aromatic rings. The van der Waals surface area contributed by atoms with Crippen molar-refractivity contribution in [3.05, 3.63) is 53.2 Å². The van der Waals surface area contributed by atoms with Crippen LogP contribution in [0.15, 0.2) is 42.6 Å². The zero-order chi connectivity index (χ0) is 12.8. The SMILES string of the molecule is Nc1cc(Cl)cnc1NCCCc1ccccc1. The van der Waals surface area contributed by atoms with Crippen LogP contribution in [0.2, 0.25) is 5.02 Å². The molecule has 1 aromatic heterocycles. The minimum atomic E-state index is 0.558. The van der Waals surface area contributed by atoms with Crippen molar-refractivity contribution in [2.45, 2.75) is 12.8 Å². The van der Waals surface area contributed by atoms with Crippen molar-refractivity contribution in [2.75, 3.05) is 17.6 Å². The summed E-state index contributed by atoms with van der Waals surface area (Å²) in [6, 6.07) is 12.1. The largest absolute Gasteiger partial charge is 0.396 e. The molecule has 2 rings (SSSR count). The van der Waals surface area contributed by atoms with Gasteiger partial charge in [0.1, 0.15) is 5.82 Å². The number of aryl methyl sites for hydroxylation is 1. The molecule has 0 amide bonds. The molecule has 0 aliphatic rings. The molecular formula is C14H16ClN3. The van der Waals surface area contributed by atoms with Gasteiger partial charge >= 0.3 is 0 Å². The lowest BCUT2D eigenvalue weighted by Crippen LogP contribution is -2.07. The Balaban J connectivity index is 1.79. The first kappa shape index (κ1) is 12.7. The van der Waals surface area contributed by atoms with E-state index in [1.165, 1.54) is 5.56 Å². The Morgan fingerprint density at radius 1 is 1.22 bits per heavy atom. The predicted molar refractivity (Wildman–Crippen MR) is 76.9 cm³/mol. The highest BCUT2D eigenvalue weighted by molar-refractivity contribution is 6.30. The lowest BCUT2D eigenvalue weighted by Gasteiger charge is -2.08.